The third kappa shape index (κ3) is 5.21. The quantitative estimate of drug-likeness (QED) is 0.689. The van der Waals surface area contributed by atoms with Crippen molar-refractivity contribution in [2.24, 2.45) is 0 Å². The van der Waals surface area contributed by atoms with Crippen LogP contribution in [0.15, 0.2) is 41.3 Å². The summed E-state index contributed by atoms with van der Waals surface area (Å²) in [5, 5.41) is 3.31. The molecule has 1 aliphatic rings. The van der Waals surface area contributed by atoms with E-state index in [2.05, 4.69) is 5.32 Å². The normalized spacial score (nSPS) is 16.8. The van der Waals surface area contributed by atoms with E-state index in [4.69, 9.17) is 16.3 Å². The second-order valence-corrected chi connectivity index (χ2v) is 9.98. The molecule has 0 spiro atoms. The van der Waals surface area contributed by atoms with Gasteiger partial charge in [0, 0.05) is 23.9 Å². The minimum atomic E-state index is -3.91. The van der Waals surface area contributed by atoms with E-state index in [-0.39, 0.29) is 24.1 Å². The van der Waals surface area contributed by atoms with Crippen molar-refractivity contribution in [1.82, 2.24) is 4.31 Å². The van der Waals surface area contributed by atoms with Gasteiger partial charge in [-0.15, -0.1) is 0 Å². The highest BCUT2D eigenvalue weighted by Gasteiger charge is 2.32. The van der Waals surface area contributed by atoms with Crippen LogP contribution in [0.1, 0.15) is 29.5 Å². The van der Waals surface area contributed by atoms with E-state index in [1.165, 1.54) is 10.4 Å². The third-order valence-corrected chi connectivity index (χ3v) is 7.59. The molecule has 0 aliphatic carbocycles. The van der Waals surface area contributed by atoms with E-state index in [0.717, 1.165) is 24.0 Å². The van der Waals surface area contributed by atoms with E-state index < -0.39 is 15.9 Å². The first-order valence-electron chi connectivity index (χ1n) is 9.92. The Kier molecular flexibility index (Phi) is 7.18. The molecule has 1 heterocycles. The fourth-order valence-electron chi connectivity index (χ4n) is 3.54. The van der Waals surface area contributed by atoms with Crippen LogP contribution in [-0.4, -0.2) is 44.4 Å². The zero-order chi connectivity index (χ0) is 21.9. The smallest absolute Gasteiger partial charge is 0.243 e. The average Bonchev–Trinajstić information content (AvgIpc) is 3.18. The molecule has 0 bridgehead atoms. The van der Waals surface area contributed by atoms with Crippen LogP contribution in [0.25, 0.3) is 0 Å². The fourth-order valence-corrected chi connectivity index (χ4v) is 5.40. The lowest BCUT2D eigenvalue weighted by Gasteiger charge is -2.25. The molecule has 0 saturated carbocycles. The average molecular weight is 451 g/mol. The number of amides is 1. The highest BCUT2D eigenvalue weighted by atomic mass is 35.5. The van der Waals surface area contributed by atoms with Crippen LogP contribution in [0.4, 0.5) is 5.69 Å². The standard InChI is InChI=1S/C22H27ClN2O4S/c1-15-6-4-8-20(17(15)3)24-22(26)14-25(13-19-7-5-11-29-19)30(27,28)21-10-9-18(23)12-16(21)2/h4,6,8-10,12,19H,5,7,11,13-14H2,1-3H3,(H,24,26). The largest absolute Gasteiger partial charge is 0.377 e. The number of hydrogen-bond donors (Lipinski definition) is 1. The summed E-state index contributed by atoms with van der Waals surface area (Å²) in [5.74, 6) is -0.392. The fraction of sp³-hybridized carbons (Fsp3) is 0.409. The summed E-state index contributed by atoms with van der Waals surface area (Å²) in [4.78, 5) is 12.9. The van der Waals surface area contributed by atoms with Crippen molar-refractivity contribution in [1.29, 1.82) is 0 Å². The number of benzene rings is 2. The molecular weight excluding hydrogens is 424 g/mol. The van der Waals surface area contributed by atoms with Gasteiger partial charge in [-0.05, 0) is 74.6 Å². The Morgan fingerprint density at radius 1 is 1.20 bits per heavy atom. The number of nitrogens with zero attached hydrogens (tertiary/aromatic N) is 1. The number of rotatable bonds is 7. The lowest BCUT2D eigenvalue weighted by Crippen LogP contribution is -2.42. The summed E-state index contributed by atoms with van der Waals surface area (Å²) in [5.41, 5.74) is 3.22. The summed E-state index contributed by atoms with van der Waals surface area (Å²) in [6.07, 6.45) is 1.43. The van der Waals surface area contributed by atoms with E-state index in [9.17, 15) is 13.2 Å². The van der Waals surface area contributed by atoms with Gasteiger partial charge in [-0.3, -0.25) is 4.79 Å². The Labute approximate surface area is 183 Å². The molecule has 6 nitrogen and oxygen atoms in total. The van der Waals surface area contributed by atoms with Crippen molar-refractivity contribution >= 4 is 33.2 Å². The molecule has 8 heteroatoms. The lowest BCUT2D eigenvalue weighted by atomic mass is 10.1. The molecule has 1 saturated heterocycles. The molecule has 2 aromatic rings. The van der Waals surface area contributed by atoms with Crippen LogP contribution in [0.3, 0.4) is 0 Å². The van der Waals surface area contributed by atoms with Crippen LogP contribution in [0.5, 0.6) is 0 Å². The third-order valence-electron chi connectivity index (χ3n) is 5.38. The Balaban J connectivity index is 1.86. The lowest BCUT2D eigenvalue weighted by molar-refractivity contribution is -0.116. The second kappa shape index (κ2) is 9.47. The first kappa shape index (κ1) is 22.7. The molecule has 0 aromatic heterocycles. The minimum Gasteiger partial charge on any atom is -0.377 e. The summed E-state index contributed by atoms with van der Waals surface area (Å²) in [6.45, 7) is 6.01. The van der Waals surface area contributed by atoms with Gasteiger partial charge in [0.05, 0.1) is 17.5 Å². The molecule has 2 aromatic carbocycles. The molecular formula is C22H27ClN2O4S. The van der Waals surface area contributed by atoms with Crippen LogP contribution < -0.4 is 5.32 Å². The van der Waals surface area contributed by atoms with E-state index in [0.29, 0.717) is 22.9 Å². The molecule has 0 radical (unpaired) electrons. The van der Waals surface area contributed by atoms with Crippen LogP contribution >= 0.6 is 11.6 Å². The molecule has 1 atom stereocenters. The summed E-state index contributed by atoms with van der Waals surface area (Å²) in [7, 11) is -3.91. The van der Waals surface area contributed by atoms with E-state index in [1.54, 1.807) is 19.1 Å². The Bertz CT molecular complexity index is 1030. The summed E-state index contributed by atoms with van der Waals surface area (Å²) < 4.78 is 33.7. The summed E-state index contributed by atoms with van der Waals surface area (Å²) in [6, 6.07) is 10.3. The van der Waals surface area contributed by atoms with Crippen LogP contribution in [0.2, 0.25) is 5.02 Å². The maximum absolute atomic E-state index is 13.4. The van der Waals surface area contributed by atoms with Crippen LogP contribution in [-0.2, 0) is 19.6 Å². The van der Waals surface area contributed by atoms with Gasteiger partial charge in [-0.2, -0.15) is 4.31 Å². The van der Waals surface area contributed by atoms with Gasteiger partial charge in [-0.25, -0.2) is 8.42 Å². The van der Waals surface area contributed by atoms with Gasteiger partial charge in [0.2, 0.25) is 15.9 Å². The molecule has 1 fully saturated rings. The highest BCUT2D eigenvalue weighted by Crippen LogP contribution is 2.25. The van der Waals surface area contributed by atoms with Gasteiger partial charge >= 0.3 is 0 Å². The minimum absolute atomic E-state index is 0.130. The zero-order valence-electron chi connectivity index (χ0n) is 17.4. The number of sulfonamides is 1. The van der Waals surface area contributed by atoms with Gasteiger partial charge in [0.15, 0.2) is 0 Å². The number of carbonyl (C=O) groups excluding carboxylic acids is 1. The number of ether oxygens (including phenoxy) is 1. The van der Waals surface area contributed by atoms with Crippen molar-refractivity contribution in [2.45, 2.75) is 44.6 Å². The van der Waals surface area contributed by atoms with Crippen molar-refractivity contribution < 1.29 is 17.9 Å². The Morgan fingerprint density at radius 3 is 2.63 bits per heavy atom. The van der Waals surface area contributed by atoms with Gasteiger partial charge in [0.1, 0.15) is 0 Å². The highest BCUT2D eigenvalue weighted by molar-refractivity contribution is 7.89. The number of carbonyl (C=O) groups is 1. The number of anilines is 1. The predicted molar refractivity (Wildman–Crippen MR) is 118 cm³/mol. The van der Waals surface area contributed by atoms with Crippen LogP contribution in [0, 0.1) is 20.8 Å². The van der Waals surface area contributed by atoms with E-state index in [1.807, 2.05) is 32.0 Å². The first-order valence-corrected chi connectivity index (χ1v) is 11.7. The SMILES string of the molecule is Cc1cc(Cl)ccc1S(=O)(=O)N(CC(=O)Nc1cccc(C)c1C)CC1CCCO1. The Hall–Kier alpha value is -1.93. The van der Waals surface area contributed by atoms with Crippen molar-refractivity contribution in [2.75, 3.05) is 25.0 Å². The molecule has 30 heavy (non-hydrogen) atoms. The first-order chi connectivity index (χ1) is 14.2. The topological polar surface area (TPSA) is 75.7 Å². The maximum Gasteiger partial charge on any atom is 0.243 e. The molecule has 1 unspecified atom stereocenters. The zero-order valence-corrected chi connectivity index (χ0v) is 19.0. The number of nitrogens with one attached hydrogen (secondary N) is 1. The summed E-state index contributed by atoms with van der Waals surface area (Å²) >= 11 is 5.99. The molecule has 162 valence electrons. The number of hydrogen-bond acceptors (Lipinski definition) is 4. The molecule has 1 N–H and O–H groups in total. The number of halogens is 1. The maximum atomic E-state index is 13.4. The van der Waals surface area contributed by atoms with Gasteiger partial charge < -0.3 is 10.1 Å². The monoisotopic (exact) mass is 450 g/mol. The van der Waals surface area contributed by atoms with Gasteiger partial charge in [-0.1, -0.05) is 23.7 Å². The van der Waals surface area contributed by atoms with Crippen molar-refractivity contribution in [3.8, 4) is 0 Å². The predicted octanol–water partition coefficient (Wildman–Crippen LogP) is 4.07. The molecule has 3 rings (SSSR count). The number of aryl methyl sites for hydroxylation is 2. The molecule has 1 aliphatic heterocycles. The van der Waals surface area contributed by atoms with Crippen molar-refractivity contribution in [3.63, 3.8) is 0 Å². The van der Waals surface area contributed by atoms with E-state index >= 15 is 0 Å². The van der Waals surface area contributed by atoms with Gasteiger partial charge in [0.25, 0.3) is 0 Å². The van der Waals surface area contributed by atoms with Crippen molar-refractivity contribution in [3.05, 3.63) is 58.1 Å². The Morgan fingerprint density at radius 2 is 1.97 bits per heavy atom. The second-order valence-electron chi connectivity index (χ2n) is 7.64. The molecule has 1 amide bonds.